The van der Waals surface area contributed by atoms with Gasteiger partial charge in [-0.15, -0.1) is 11.3 Å². The van der Waals surface area contributed by atoms with E-state index in [0.29, 0.717) is 12.4 Å². The van der Waals surface area contributed by atoms with Crippen molar-refractivity contribution < 1.29 is 13.9 Å². The number of hydrogen-bond donors (Lipinski definition) is 0. The Morgan fingerprint density at radius 3 is 2.63 bits per heavy atom. The van der Waals surface area contributed by atoms with E-state index in [0.717, 1.165) is 75.4 Å². The minimum Gasteiger partial charge on any atom is -0.440 e. The van der Waals surface area contributed by atoms with Crippen LogP contribution in [0.2, 0.25) is 0 Å². The minimum atomic E-state index is 0.231. The maximum absolute atomic E-state index is 12.5. The van der Waals surface area contributed by atoms with Gasteiger partial charge in [0, 0.05) is 45.8 Å². The molecule has 0 bridgehead atoms. The lowest BCUT2D eigenvalue weighted by atomic mass is 10.2. The van der Waals surface area contributed by atoms with Crippen molar-refractivity contribution in [1.82, 2.24) is 19.7 Å². The first-order chi connectivity index (χ1) is 13.2. The highest BCUT2D eigenvalue weighted by Crippen LogP contribution is 2.26. The van der Waals surface area contributed by atoms with Gasteiger partial charge in [-0.25, -0.2) is 4.98 Å². The zero-order chi connectivity index (χ0) is 18.6. The van der Waals surface area contributed by atoms with Crippen molar-refractivity contribution in [2.24, 2.45) is 0 Å². The Hall–Kier alpha value is -1.74. The number of morpholine rings is 1. The summed E-state index contributed by atoms with van der Waals surface area (Å²) >= 11 is 1.64. The molecule has 7 nitrogen and oxygen atoms in total. The first kappa shape index (κ1) is 18.6. The van der Waals surface area contributed by atoms with Crippen LogP contribution in [0.15, 0.2) is 21.9 Å². The van der Waals surface area contributed by atoms with E-state index in [-0.39, 0.29) is 5.91 Å². The van der Waals surface area contributed by atoms with Crippen molar-refractivity contribution >= 4 is 17.2 Å². The predicted molar refractivity (Wildman–Crippen MR) is 104 cm³/mol. The van der Waals surface area contributed by atoms with Gasteiger partial charge in [0.1, 0.15) is 5.76 Å². The van der Waals surface area contributed by atoms with Gasteiger partial charge in [-0.2, -0.15) is 0 Å². The van der Waals surface area contributed by atoms with Crippen molar-refractivity contribution in [2.45, 2.75) is 13.5 Å². The number of oxazole rings is 1. The summed E-state index contributed by atoms with van der Waals surface area (Å²) < 4.78 is 11.2. The second-order valence-corrected chi connectivity index (χ2v) is 7.99. The summed E-state index contributed by atoms with van der Waals surface area (Å²) in [5, 5.41) is 2.03. The highest BCUT2D eigenvalue weighted by Gasteiger charge is 2.24. The average Bonchev–Trinajstić information content (AvgIpc) is 3.34. The Morgan fingerprint density at radius 2 is 1.93 bits per heavy atom. The molecule has 0 atom stereocenters. The molecule has 2 aliphatic heterocycles. The van der Waals surface area contributed by atoms with Crippen LogP contribution in [-0.4, -0.2) is 84.6 Å². The van der Waals surface area contributed by atoms with E-state index in [2.05, 4.69) is 14.8 Å². The summed E-state index contributed by atoms with van der Waals surface area (Å²) in [5.41, 5.74) is 0.992. The van der Waals surface area contributed by atoms with Gasteiger partial charge in [-0.05, 0) is 18.4 Å². The normalized spacial score (nSPS) is 19.5. The topological polar surface area (TPSA) is 62.1 Å². The number of thiophene rings is 1. The van der Waals surface area contributed by atoms with E-state index in [1.54, 1.807) is 11.3 Å². The van der Waals surface area contributed by atoms with Crippen LogP contribution in [0.1, 0.15) is 11.5 Å². The summed E-state index contributed by atoms with van der Waals surface area (Å²) in [7, 11) is 0. The summed E-state index contributed by atoms with van der Waals surface area (Å²) in [5.74, 6) is 1.81. The first-order valence-electron chi connectivity index (χ1n) is 9.49. The number of carbonyl (C=O) groups excluding carboxylic acids is 1. The second-order valence-electron chi connectivity index (χ2n) is 7.04. The molecule has 0 N–H and O–H groups in total. The summed E-state index contributed by atoms with van der Waals surface area (Å²) in [6.07, 6.45) is 0. The van der Waals surface area contributed by atoms with Crippen LogP contribution in [-0.2, 0) is 16.1 Å². The lowest BCUT2D eigenvalue weighted by molar-refractivity contribution is -0.135. The molecular weight excluding hydrogens is 364 g/mol. The number of aromatic nitrogens is 1. The number of nitrogens with zero attached hydrogens (tertiary/aromatic N) is 4. The molecule has 8 heteroatoms. The molecule has 0 aromatic carbocycles. The van der Waals surface area contributed by atoms with Gasteiger partial charge in [-0.1, -0.05) is 6.07 Å². The molecule has 2 aromatic rings. The number of aryl methyl sites for hydroxylation is 1. The van der Waals surface area contributed by atoms with Crippen molar-refractivity contribution in [2.75, 3.05) is 59.0 Å². The Labute approximate surface area is 163 Å². The van der Waals surface area contributed by atoms with E-state index in [4.69, 9.17) is 9.15 Å². The average molecular weight is 391 g/mol. The van der Waals surface area contributed by atoms with E-state index in [1.165, 1.54) is 0 Å². The monoisotopic (exact) mass is 390 g/mol. The van der Waals surface area contributed by atoms with Crippen molar-refractivity contribution in [3.8, 4) is 10.8 Å². The number of amides is 1. The largest absolute Gasteiger partial charge is 0.440 e. The molecule has 1 amide bonds. The molecule has 0 aliphatic carbocycles. The Morgan fingerprint density at radius 1 is 1.15 bits per heavy atom. The van der Waals surface area contributed by atoms with Crippen LogP contribution in [0.25, 0.3) is 10.8 Å². The van der Waals surface area contributed by atoms with Crippen LogP contribution < -0.4 is 0 Å². The second kappa shape index (κ2) is 8.52. The van der Waals surface area contributed by atoms with Gasteiger partial charge in [0.15, 0.2) is 0 Å². The third kappa shape index (κ3) is 4.57. The number of rotatable bonds is 5. The van der Waals surface area contributed by atoms with Gasteiger partial charge in [0.05, 0.1) is 30.3 Å². The van der Waals surface area contributed by atoms with Crippen LogP contribution in [0.3, 0.4) is 0 Å². The van der Waals surface area contributed by atoms with Crippen molar-refractivity contribution in [1.29, 1.82) is 0 Å². The Bertz CT molecular complexity index is 747. The van der Waals surface area contributed by atoms with Gasteiger partial charge < -0.3 is 14.1 Å². The first-order valence-corrected chi connectivity index (χ1v) is 10.4. The maximum atomic E-state index is 12.5. The van der Waals surface area contributed by atoms with E-state index >= 15 is 0 Å². The van der Waals surface area contributed by atoms with Gasteiger partial charge in [0.2, 0.25) is 11.8 Å². The predicted octanol–water partition coefficient (Wildman–Crippen LogP) is 1.69. The Balaban J connectivity index is 1.27. The third-order valence-corrected chi connectivity index (χ3v) is 6.04. The molecule has 2 fully saturated rings. The highest BCUT2D eigenvalue weighted by molar-refractivity contribution is 7.13. The minimum absolute atomic E-state index is 0.231. The molecule has 2 aliphatic rings. The fourth-order valence-electron chi connectivity index (χ4n) is 3.50. The maximum Gasteiger partial charge on any atom is 0.236 e. The fraction of sp³-hybridized carbons (Fsp3) is 0.579. The smallest absolute Gasteiger partial charge is 0.236 e. The van der Waals surface area contributed by atoms with Crippen LogP contribution in [0, 0.1) is 6.92 Å². The van der Waals surface area contributed by atoms with Crippen molar-refractivity contribution in [3.63, 3.8) is 0 Å². The lowest BCUT2D eigenvalue weighted by Crippen LogP contribution is -2.52. The highest BCUT2D eigenvalue weighted by atomic mass is 32.1. The van der Waals surface area contributed by atoms with Crippen LogP contribution in [0.4, 0.5) is 0 Å². The zero-order valence-corrected chi connectivity index (χ0v) is 16.5. The van der Waals surface area contributed by atoms with Crippen LogP contribution >= 0.6 is 11.3 Å². The standard InChI is InChI=1S/C19H26N4O3S/c1-15-16(20-19(26-15)17-3-2-12-27-17)13-21-4-6-23(7-5-21)18(24)14-22-8-10-25-11-9-22/h2-3,12H,4-11,13-14H2,1H3. The molecule has 0 unspecified atom stereocenters. The molecule has 4 rings (SSSR count). The van der Waals surface area contributed by atoms with Crippen LogP contribution in [0.5, 0.6) is 0 Å². The fourth-order valence-corrected chi connectivity index (χ4v) is 4.15. The summed E-state index contributed by atoms with van der Waals surface area (Å²) in [4.78, 5) is 24.8. The molecule has 0 radical (unpaired) electrons. The van der Waals surface area contributed by atoms with E-state index in [9.17, 15) is 4.79 Å². The number of ether oxygens (including phenoxy) is 1. The molecular formula is C19H26N4O3S. The van der Waals surface area contributed by atoms with Crippen molar-refractivity contribution in [3.05, 3.63) is 29.0 Å². The SMILES string of the molecule is Cc1oc(-c2cccs2)nc1CN1CCN(C(=O)CN2CCOCC2)CC1. The summed E-state index contributed by atoms with van der Waals surface area (Å²) in [6.45, 7) is 9.70. The quantitative estimate of drug-likeness (QED) is 0.774. The molecule has 0 saturated carbocycles. The third-order valence-electron chi connectivity index (χ3n) is 5.19. The van der Waals surface area contributed by atoms with Gasteiger partial charge in [-0.3, -0.25) is 14.6 Å². The lowest BCUT2D eigenvalue weighted by Gasteiger charge is -2.36. The molecule has 2 aromatic heterocycles. The molecule has 27 heavy (non-hydrogen) atoms. The number of piperazine rings is 1. The molecule has 0 spiro atoms. The van der Waals surface area contributed by atoms with E-state index < -0.39 is 0 Å². The molecule has 146 valence electrons. The van der Waals surface area contributed by atoms with Gasteiger partial charge in [0.25, 0.3) is 0 Å². The van der Waals surface area contributed by atoms with Gasteiger partial charge >= 0.3 is 0 Å². The number of hydrogen-bond acceptors (Lipinski definition) is 7. The molecule has 2 saturated heterocycles. The Kier molecular flexibility index (Phi) is 5.87. The van der Waals surface area contributed by atoms with E-state index in [1.807, 2.05) is 29.3 Å². The molecule has 4 heterocycles. The zero-order valence-electron chi connectivity index (χ0n) is 15.7. The number of carbonyl (C=O) groups is 1. The summed E-state index contributed by atoms with van der Waals surface area (Å²) in [6, 6.07) is 4.03.